The van der Waals surface area contributed by atoms with Crippen LogP contribution in [0.2, 0.25) is 0 Å². The summed E-state index contributed by atoms with van der Waals surface area (Å²) in [5.41, 5.74) is 1.57. The van der Waals surface area contributed by atoms with Crippen molar-refractivity contribution < 1.29 is 35.9 Å². The molecule has 12 heteroatoms. The first-order valence-corrected chi connectivity index (χ1v) is 12.6. The third kappa shape index (κ3) is 5.68. The lowest BCUT2D eigenvalue weighted by Crippen LogP contribution is -2.37. The van der Waals surface area contributed by atoms with Crippen LogP contribution in [0.25, 0.3) is 0 Å². The lowest BCUT2D eigenvalue weighted by atomic mass is 10.1. The summed E-state index contributed by atoms with van der Waals surface area (Å²) in [6.07, 6.45) is -4.15. The number of sulfone groups is 1. The molecule has 0 saturated heterocycles. The Labute approximate surface area is 197 Å². The second kappa shape index (κ2) is 9.26. The van der Waals surface area contributed by atoms with Gasteiger partial charge in [-0.1, -0.05) is 6.07 Å². The van der Waals surface area contributed by atoms with Crippen molar-refractivity contribution in [3.05, 3.63) is 70.2 Å². The Morgan fingerprint density at radius 1 is 1.12 bits per heavy atom. The SMILES string of the molecule is CC(Oc1ccc(OC(F)(F)F)cc1)C(=O)N1Cc2ccc(S(=O)(=O)Cc3nccs3)cc2C1. The molecular formula is C22H19F3N2O5S2. The molecule has 1 unspecified atom stereocenters. The molecule has 180 valence electrons. The van der Waals surface area contributed by atoms with Crippen molar-refractivity contribution in [2.75, 3.05) is 0 Å². The van der Waals surface area contributed by atoms with Gasteiger partial charge in [0.15, 0.2) is 15.9 Å². The van der Waals surface area contributed by atoms with Crippen LogP contribution in [0.15, 0.2) is 58.9 Å². The summed E-state index contributed by atoms with van der Waals surface area (Å²) in [7, 11) is -3.58. The highest BCUT2D eigenvalue weighted by molar-refractivity contribution is 7.90. The van der Waals surface area contributed by atoms with Gasteiger partial charge in [0.05, 0.1) is 4.90 Å². The van der Waals surface area contributed by atoms with E-state index in [9.17, 15) is 26.4 Å². The molecule has 1 aliphatic rings. The molecule has 0 saturated carbocycles. The second-order valence-corrected chi connectivity index (χ2v) is 10.6. The van der Waals surface area contributed by atoms with E-state index in [1.807, 2.05) is 0 Å². The zero-order chi connectivity index (χ0) is 24.5. The van der Waals surface area contributed by atoms with Gasteiger partial charge in [0.25, 0.3) is 5.91 Å². The number of fused-ring (bicyclic) bond motifs is 1. The predicted octanol–water partition coefficient (Wildman–Crippen LogP) is 4.33. The fraction of sp³-hybridized carbons (Fsp3) is 0.273. The van der Waals surface area contributed by atoms with E-state index in [2.05, 4.69) is 9.72 Å². The summed E-state index contributed by atoms with van der Waals surface area (Å²) >= 11 is 1.27. The van der Waals surface area contributed by atoms with E-state index < -0.39 is 28.1 Å². The minimum absolute atomic E-state index is 0.168. The summed E-state index contributed by atoms with van der Waals surface area (Å²) in [4.78, 5) is 18.6. The Balaban J connectivity index is 1.39. The Morgan fingerprint density at radius 3 is 2.44 bits per heavy atom. The summed E-state index contributed by atoms with van der Waals surface area (Å²) in [6, 6.07) is 9.56. The molecule has 4 rings (SSSR count). The molecule has 0 fully saturated rings. The minimum atomic E-state index is -4.80. The van der Waals surface area contributed by atoms with Crippen molar-refractivity contribution in [2.45, 2.75) is 43.1 Å². The topological polar surface area (TPSA) is 85.8 Å². The molecule has 34 heavy (non-hydrogen) atoms. The molecule has 3 aromatic rings. The number of halogens is 3. The van der Waals surface area contributed by atoms with Gasteiger partial charge in [0.2, 0.25) is 0 Å². The number of amides is 1. The summed E-state index contributed by atoms with van der Waals surface area (Å²) in [5, 5.41) is 2.21. The number of benzene rings is 2. The lowest BCUT2D eigenvalue weighted by Gasteiger charge is -2.21. The van der Waals surface area contributed by atoms with Crippen molar-refractivity contribution in [3.63, 3.8) is 0 Å². The Hall–Kier alpha value is -3.12. The number of hydrogen-bond donors (Lipinski definition) is 0. The Bertz CT molecular complexity index is 1280. The predicted molar refractivity (Wildman–Crippen MR) is 117 cm³/mol. The molecule has 0 N–H and O–H groups in total. The summed E-state index contributed by atoms with van der Waals surface area (Å²) < 4.78 is 71.7. The molecular weight excluding hydrogens is 493 g/mol. The van der Waals surface area contributed by atoms with Gasteiger partial charge in [-0.2, -0.15) is 0 Å². The average Bonchev–Trinajstić information content (AvgIpc) is 3.42. The van der Waals surface area contributed by atoms with Gasteiger partial charge in [0.1, 0.15) is 22.3 Å². The van der Waals surface area contributed by atoms with Gasteiger partial charge in [-0.15, -0.1) is 24.5 Å². The molecule has 1 aromatic heterocycles. The van der Waals surface area contributed by atoms with Gasteiger partial charge in [0, 0.05) is 24.7 Å². The molecule has 7 nitrogen and oxygen atoms in total. The van der Waals surface area contributed by atoms with E-state index in [0.717, 1.165) is 23.3 Å². The third-order valence-corrected chi connectivity index (χ3v) is 7.67. The van der Waals surface area contributed by atoms with Crippen LogP contribution >= 0.6 is 11.3 Å². The van der Waals surface area contributed by atoms with Gasteiger partial charge in [-0.25, -0.2) is 13.4 Å². The summed E-state index contributed by atoms with van der Waals surface area (Å²) in [5.74, 6) is -0.708. The van der Waals surface area contributed by atoms with Crippen LogP contribution in [-0.2, 0) is 33.5 Å². The van der Waals surface area contributed by atoms with Crippen LogP contribution < -0.4 is 9.47 Å². The maximum Gasteiger partial charge on any atom is 0.573 e. The third-order valence-electron chi connectivity index (χ3n) is 5.09. The maximum absolute atomic E-state index is 12.9. The fourth-order valence-electron chi connectivity index (χ4n) is 3.52. The van der Waals surface area contributed by atoms with E-state index in [4.69, 9.17) is 4.74 Å². The van der Waals surface area contributed by atoms with E-state index in [0.29, 0.717) is 11.6 Å². The van der Waals surface area contributed by atoms with Crippen molar-refractivity contribution >= 4 is 27.1 Å². The van der Waals surface area contributed by atoms with Crippen molar-refractivity contribution in [3.8, 4) is 11.5 Å². The number of rotatable bonds is 7. The number of nitrogens with zero attached hydrogens (tertiary/aromatic N) is 2. The van der Waals surface area contributed by atoms with Crippen LogP contribution in [0.5, 0.6) is 11.5 Å². The number of thiazole rings is 1. The molecule has 0 radical (unpaired) electrons. The standard InChI is InChI=1S/C22H19F3N2O5S2/c1-14(31-17-3-5-18(6-4-17)32-22(23,24)25)21(28)27-11-15-2-7-19(10-16(15)12-27)34(29,30)13-20-26-8-9-33-20/h2-10,14H,11-13H2,1H3. The molecule has 1 amide bonds. The average molecular weight is 513 g/mol. The second-order valence-electron chi connectivity index (χ2n) is 7.59. The zero-order valence-corrected chi connectivity index (χ0v) is 19.4. The molecule has 1 atom stereocenters. The summed E-state index contributed by atoms with van der Waals surface area (Å²) in [6.45, 7) is 2.06. The van der Waals surface area contributed by atoms with Gasteiger partial charge >= 0.3 is 6.36 Å². The zero-order valence-electron chi connectivity index (χ0n) is 17.8. The number of aromatic nitrogens is 1. The molecule has 0 aliphatic carbocycles. The fourth-order valence-corrected chi connectivity index (χ4v) is 5.82. The van der Waals surface area contributed by atoms with E-state index in [1.54, 1.807) is 23.7 Å². The van der Waals surface area contributed by atoms with Crippen molar-refractivity contribution in [1.82, 2.24) is 9.88 Å². The van der Waals surface area contributed by atoms with Crippen LogP contribution in [0.3, 0.4) is 0 Å². The van der Waals surface area contributed by atoms with Crippen LogP contribution in [0.4, 0.5) is 13.2 Å². The van der Waals surface area contributed by atoms with Crippen LogP contribution in [0.1, 0.15) is 23.1 Å². The van der Waals surface area contributed by atoms with E-state index >= 15 is 0 Å². The number of hydrogen-bond acceptors (Lipinski definition) is 7. The number of carbonyl (C=O) groups is 1. The number of carbonyl (C=O) groups excluding carboxylic acids is 1. The van der Waals surface area contributed by atoms with Gasteiger partial charge in [-0.3, -0.25) is 4.79 Å². The Kier molecular flexibility index (Phi) is 6.54. The minimum Gasteiger partial charge on any atom is -0.481 e. The monoisotopic (exact) mass is 512 g/mol. The first-order chi connectivity index (χ1) is 16.0. The molecule has 0 spiro atoms. The van der Waals surface area contributed by atoms with E-state index in [1.165, 1.54) is 41.4 Å². The largest absolute Gasteiger partial charge is 0.573 e. The molecule has 1 aliphatic heterocycles. The van der Waals surface area contributed by atoms with Crippen LogP contribution in [-0.4, -0.2) is 36.7 Å². The van der Waals surface area contributed by atoms with E-state index in [-0.39, 0.29) is 28.8 Å². The molecule has 0 bridgehead atoms. The maximum atomic E-state index is 12.9. The normalized spacial score (nSPS) is 14.5. The molecule has 2 heterocycles. The highest BCUT2D eigenvalue weighted by Gasteiger charge is 2.31. The van der Waals surface area contributed by atoms with Crippen molar-refractivity contribution in [1.29, 1.82) is 0 Å². The first kappa shape index (κ1) is 24.0. The van der Waals surface area contributed by atoms with Crippen LogP contribution in [0, 0.1) is 0 Å². The smallest absolute Gasteiger partial charge is 0.481 e. The highest BCUT2D eigenvalue weighted by Crippen LogP contribution is 2.29. The Morgan fingerprint density at radius 2 is 1.79 bits per heavy atom. The molecule has 2 aromatic carbocycles. The number of ether oxygens (including phenoxy) is 2. The number of alkyl halides is 3. The quantitative estimate of drug-likeness (QED) is 0.469. The van der Waals surface area contributed by atoms with Crippen molar-refractivity contribution in [2.24, 2.45) is 0 Å². The van der Waals surface area contributed by atoms with Gasteiger partial charge in [-0.05, 0) is 54.4 Å². The lowest BCUT2D eigenvalue weighted by molar-refractivity contribution is -0.274. The highest BCUT2D eigenvalue weighted by atomic mass is 32.2. The first-order valence-electron chi connectivity index (χ1n) is 10.0. The van der Waals surface area contributed by atoms with Gasteiger partial charge < -0.3 is 14.4 Å².